The van der Waals surface area contributed by atoms with E-state index in [1.165, 1.54) is 6.07 Å². The first-order chi connectivity index (χ1) is 13.0. The average Bonchev–Trinajstić information content (AvgIpc) is 2.69. The molecule has 1 aromatic carbocycles. The average molecular weight is 366 g/mol. The smallest absolute Gasteiger partial charge is 0.267 e. The Hall–Kier alpha value is -3.36. The van der Waals surface area contributed by atoms with E-state index in [1.54, 1.807) is 36.5 Å². The largest absolute Gasteiger partial charge is 0.439 e. The molecule has 0 bridgehead atoms. The van der Waals surface area contributed by atoms with E-state index in [0.29, 0.717) is 17.2 Å². The molecule has 0 saturated carbocycles. The zero-order valence-electron chi connectivity index (χ0n) is 14.5. The minimum atomic E-state index is -1.24. The number of nitrogens with two attached hydrogens (primary N) is 1. The Kier molecular flexibility index (Phi) is 5.39. The first kappa shape index (κ1) is 18.4. The van der Waals surface area contributed by atoms with Crippen LogP contribution < -0.4 is 10.5 Å². The van der Waals surface area contributed by atoms with Crippen LogP contribution in [-0.4, -0.2) is 37.7 Å². The van der Waals surface area contributed by atoms with Crippen LogP contribution in [-0.2, 0) is 0 Å². The van der Waals surface area contributed by atoms with E-state index < -0.39 is 18.6 Å². The van der Waals surface area contributed by atoms with Crippen LogP contribution in [0.2, 0.25) is 0 Å². The molecule has 2 aromatic heterocycles. The van der Waals surface area contributed by atoms with Crippen LogP contribution in [0.15, 0.2) is 48.7 Å². The minimum Gasteiger partial charge on any atom is -0.439 e. The Morgan fingerprint density at radius 3 is 2.52 bits per heavy atom. The van der Waals surface area contributed by atoms with Gasteiger partial charge >= 0.3 is 0 Å². The molecule has 8 nitrogen and oxygen atoms in total. The van der Waals surface area contributed by atoms with Gasteiger partial charge in [-0.25, -0.2) is 15.0 Å². The van der Waals surface area contributed by atoms with Gasteiger partial charge in [0.05, 0.1) is 12.3 Å². The molecule has 1 atom stereocenters. The fourth-order valence-corrected chi connectivity index (χ4v) is 2.29. The molecule has 27 heavy (non-hydrogen) atoms. The van der Waals surface area contributed by atoms with Crippen molar-refractivity contribution < 1.29 is 19.7 Å². The van der Waals surface area contributed by atoms with Gasteiger partial charge in [0, 0.05) is 17.8 Å². The molecule has 138 valence electrons. The fourth-order valence-electron chi connectivity index (χ4n) is 2.29. The Balaban J connectivity index is 1.88. The van der Waals surface area contributed by atoms with Gasteiger partial charge < -0.3 is 20.7 Å². The summed E-state index contributed by atoms with van der Waals surface area (Å²) < 4.78 is 5.67. The Morgan fingerprint density at radius 2 is 1.93 bits per heavy atom. The number of aromatic nitrogens is 3. The summed E-state index contributed by atoms with van der Waals surface area (Å²) in [6, 6.07) is 11.8. The lowest BCUT2D eigenvalue weighted by atomic mass is 10.1. The summed E-state index contributed by atoms with van der Waals surface area (Å²) in [5.74, 6) is 0.481. The molecule has 4 N–H and O–H groups in total. The maximum atomic E-state index is 11.5. The molecule has 3 rings (SSSR count). The number of primary amides is 1. The van der Waals surface area contributed by atoms with Crippen LogP contribution in [0.3, 0.4) is 0 Å². The third-order valence-corrected chi connectivity index (χ3v) is 3.73. The van der Waals surface area contributed by atoms with Crippen molar-refractivity contribution in [3.63, 3.8) is 0 Å². The van der Waals surface area contributed by atoms with Gasteiger partial charge in [0.25, 0.3) is 5.91 Å². The number of carbonyl (C=O) groups is 1. The molecule has 0 radical (unpaired) electrons. The maximum Gasteiger partial charge on any atom is 0.267 e. The molecule has 0 spiro atoms. The molecule has 2 heterocycles. The predicted octanol–water partition coefficient (Wildman–Crippen LogP) is 1.76. The zero-order chi connectivity index (χ0) is 19.4. The van der Waals surface area contributed by atoms with Crippen LogP contribution in [0.1, 0.15) is 27.8 Å². The third-order valence-electron chi connectivity index (χ3n) is 3.73. The van der Waals surface area contributed by atoms with Crippen LogP contribution in [0.4, 0.5) is 0 Å². The van der Waals surface area contributed by atoms with Gasteiger partial charge in [-0.3, -0.25) is 4.79 Å². The molecule has 0 saturated heterocycles. The lowest BCUT2D eigenvalue weighted by molar-refractivity contribution is 0.0916. The number of nitrogens with zero attached hydrogens (tertiary/aromatic N) is 3. The maximum absolute atomic E-state index is 11.5. The second-order valence-corrected chi connectivity index (χ2v) is 5.86. The monoisotopic (exact) mass is 366 g/mol. The molecule has 0 unspecified atom stereocenters. The summed E-state index contributed by atoms with van der Waals surface area (Å²) in [6.07, 6.45) is 0.473. The lowest BCUT2D eigenvalue weighted by Crippen LogP contribution is -2.16. The number of ether oxygens (including phenoxy) is 1. The van der Waals surface area contributed by atoms with Crippen molar-refractivity contribution in [2.75, 3.05) is 6.61 Å². The number of carbonyl (C=O) groups excluding carboxylic acids is 1. The van der Waals surface area contributed by atoms with Gasteiger partial charge in [0.15, 0.2) is 5.82 Å². The number of rotatable bonds is 6. The Bertz CT molecular complexity index is 943. The van der Waals surface area contributed by atoms with Gasteiger partial charge in [-0.15, -0.1) is 0 Å². The lowest BCUT2D eigenvalue weighted by Gasteiger charge is -2.10. The summed E-state index contributed by atoms with van der Waals surface area (Å²) in [4.78, 5) is 24.0. The number of aryl methyl sites for hydroxylation is 1. The minimum absolute atomic E-state index is 0.0494. The number of aliphatic hydroxyl groups is 2. The molecule has 8 heteroatoms. The van der Waals surface area contributed by atoms with E-state index in [9.17, 15) is 9.90 Å². The number of hydrogen-bond donors (Lipinski definition) is 3. The highest BCUT2D eigenvalue weighted by atomic mass is 16.5. The molecule has 0 fully saturated rings. The van der Waals surface area contributed by atoms with Gasteiger partial charge in [0.2, 0.25) is 5.88 Å². The van der Waals surface area contributed by atoms with Gasteiger partial charge in [-0.2, -0.15) is 0 Å². The zero-order valence-corrected chi connectivity index (χ0v) is 14.5. The van der Waals surface area contributed by atoms with E-state index in [-0.39, 0.29) is 17.2 Å². The van der Waals surface area contributed by atoms with Crippen molar-refractivity contribution in [3.05, 3.63) is 65.6 Å². The molecule has 0 aliphatic carbocycles. The molecule has 0 aliphatic rings. The van der Waals surface area contributed by atoms with E-state index in [0.717, 1.165) is 5.56 Å². The predicted molar refractivity (Wildman–Crippen MR) is 97.1 cm³/mol. The number of benzene rings is 1. The summed E-state index contributed by atoms with van der Waals surface area (Å²) in [5, 5.41) is 18.9. The van der Waals surface area contributed by atoms with E-state index in [1.807, 2.05) is 13.0 Å². The summed E-state index contributed by atoms with van der Waals surface area (Å²) in [6.45, 7) is 1.40. The Labute approximate surface area is 155 Å². The van der Waals surface area contributed by atoms with E-state index in [2.05, 4.69) is 15.0 Å². The highest BCUT2D eigenvalue weighted by Crippen LogP contribution is 2.24. The van der Waals surface area contributed by atoms with Crippen LogP contribution in [0.5, 0.6) is 11.6 Å². The van der Waals surface area contributed by atoms with Gasteiger partial charge in [0.1, 0.15) is 17.5 Å². The van der Waals surface area contributed by atoms with Crippen molar-refractivity contribution in [2.45, 2.75) is 13.0 Å². The summed E-state index contributed by atoms with van der Waals surface area (Å²) in [5.41, 5.74) is 6.98. The molecular formula is C19H18N4O4. The number of hydrogen-bond acceptors (Lipinski definition) is 7. The highest BCUT2D eigenvalue weighted by Gasteiger charge is 2.15. The number of pyridine rings is 1. The van der Waals surface area contributed by atoms with Crippen molar-refractivity contribution in [1.82, 2.24) is 15.0 Å². The van der Waals surface area contributed by atoms with E-state index >= 15 is 0 Å². The first-order valence-corrected chi connectivity index (χ1v) is 8.15. The van der Waals surface area contributed by atoms with Crippen molar-refractivity contribution in [2.24, 2.45) is 5.73 Å². The van der Waals surface area contributed by atoms with Crippen molar-refractivity contribution >= 4 is 5.91 Å². The number of amides is 1. The second-order valence-electron chi connectivity index (χ2n) is 5.86. The van der Waals surface area contributed by atoms with Crippen LogP contribution >= 0.6 is 0 Å². The SMILES string of the molecule is Cc1ccc(Oc2ccc(-c3nc(C(N)=O)cc([C@H](O)CO)n3)cc2)nc1. The first-order valence-electron chi connectivity index (χ1n) is 8.15. The van der Waals surface area contributed by atoms with Crippen LogP contribution in [0, 0.1) is 6.92 Å². The number of aliphatic hydroxyl groups excluding tert-OH is 2. The molecular weight excluding hydrogens is 348 g/mol. The normalized spacial score (nSPS) is 11.8. The van der Waals surface area contributed by atoms with Gasteiger partial charge in [-0.05, 0) is 42.8 Å². The quantitative estimate of drug-likeness (QED) is 0.606. The standard InChI is InChI=1S/C19H18N4O4/c1-11-2-7-17(21-9-11)27-13-5-3-12(4-6-13)19-22-14(16(25)10-24)8-15(23-19)18(20)26/h2-9,16,24-25H,10H2,1H3,(H2,20,26)/t16-/m1/s1. The molecule has 3 aromatic rings. The van der Waals surface area contributed by atoms with Crippen molar-refractivity contribution in [1.29, 1.82) is 0 Å². The highest BCUT2D eigenvalue weighted by molar-refractivity contribution is 5.91. The Morgan fingerprint density at radius 1 is 1.19 bits per heavy atom. The third kappa shape index (κ3) is 4.43. The van der Waals surface area contributed by atoms with E-state index in [4.69, 9.17) is 15.6 Å². The molecule has 1 amide bonds. The summed E-state index contributed by atoms with van der Waals surface area (Å²) >= 11 is 0. The fraction of sp³-hybridized carbons (Fsp3) is 0.158. The topological polar surface area (TPSA) is 131 Å². The van der Waals surface area contributed by atoms with Gasteiger partial charge in [-0.1, -0.05) is 6.07 Å². The second kappa shape index (κ2) is 7.90. The molecule has 0 aliphatic heterocycles. The van der Waals surface area contributed by atoms with Crippen molar-refractivity contribution in [3.8, 4) is 23.0 Å². The summed E-state index contributed by atoms with van der Waals surface area (Å²) in [7, 11) is 0. The van der Waals surface area contributed by atoms with Crippen LogP contribution in [0.25, 0.3) is 11.4 Å².